The maximum Gasteiger partial charge on any atom is 0.142 e. The average Bonchev–Trinajstić information content (AvgIpc) is 2.65. The maximum atomic E-state index is 9.55. The van der Waals surface area contributed by atoms with E-state index in [0.29, 0.717) is 39.4 Å². The molecule has 0 aliphatic heterocycles. The van der Waals surface area contributed by atoms with Gasteiger partial charge in [0.1, 0.15) is 11.5 Å². The Morgan fingerprint density at radius 3 is 2.40 bits per heavy atom. The van der Waals surface area contributed by atoms with Crippen molar-refractivity contribution in [3.05, 3.63) is 52.6 Å². The molecule has 0 saturated carbocycles. The summed E-state index contributed by atoms with van der Waals surface area (Å²) in [4.78, 5) is 0. The van der Waals surface area contributed by atoms with Gasteiger partial charge in [-0.15, -0.1) is 0 Å². The van der Waals surface area contributed by atoms with Crippen molar-refractivity contribution in [1.82, 2.24) is 0 Å². The van der Waals surface area contributed by atoms with Crippen LogP contribution in [0.15, 0.2) is 30.3 Å². The number of aliphatic hydroxyl groups is 2. The van der Waals surface area contributed by atoms with Crippen LogP contribution in [-0.4, -0.2) is 24.4 Å². The monoisotopic (exact) mass is 340 g/mol. The Labute approximate surface area is 146 Å². The van der Waals surface area contributed by atoms with Crippen LogP contribution in [0.3, 0.4) is 0 Å². The first-order valence-electron chi connectivity index (χ1n) is 7.55. The number of allylic oxidation sites excluding steroid dienone is 1. The molecule has 2 rings (SSSR count). The summed E-state index contributed by atoms with van der Waals surface area (Å²) in [5.74, 6) is 0.940. The van der Waals surface area contributed by atoms with Gasteiger partial charge in [0, 0.05) is 5.56 Å². The summed E-state index contributed by atoms with van der Waals surface area (Å²) < 4.78 is 10.5. The van der Waals surface area contributed by atoms with Crippen molar-refractivity contribution in [2.75, 3.05) is 20.0 Å². The van der Waals surface area contributed by atoms with E-state index in [9.17, 15) is 15.5 Å². The quantitative estimate of drug-likeness (QED) is 0.423. The highest BCUT2D eigenvalue weighted by atomic mass is 16.5. The fourth-order valence-corrected chi connectivity index (χ4v) is 2.53. The topological polar surface area (TPSA) is 109 Å². The molecule has 0 unspecified atom stereocenters. The van der Waals surface area contributed by atoms with Crippen LogP contribution >= 0.6 is 0 Å². The molecule has 0 aromatic heterocycles. The first-order valence-corrected chi connectivity index (χ1v) is 7.55. The van der Waals surface area contributed by atoms with E-state index in [2.05, 4.69) is 6.07 Å². The summed E-state index contributed by atoms with van der Waals surface area (Å²) in [7, 11) is 3.00. The smallest absolute Gasteiger partial charge is 0.142 e. The highest BCUT2D eigenvalue weighted by Gasteiger charge is 2.13. The van der Waals surface area contributed by atoms with Crippen LogP contribution in [0.1, 0.15) is 22.3 Å². The molecule has 0 bridgehead atoms. The third-order valence-electron chi connectivity index (χ3n) is 3.85. The minimum absolute atomic E-state index is 0.264. The number of anilines is 1. The van der Waals surface area contributed by atoms with Crippen LogP contribution in [0.2, 0.25) is 0 Å². The normalized spacial score (nSPS) is 11.1. The van der Waals surface area contributed by atoms with Gasteiger partial charge in [0.05, 0.1) is 44.8 Å². The molecule has 0 heterocycles. The Bertz CT molecular complexity index is 813. The largest absolute Gasteiger partial charge is 0.496 e. The zero-order chi connectivity index (χ0) is 18.4. The molecule has 0 atom stereocenters. The minimum Gasteiger partial charge on any atom is -0.496 e. The molecule has 0 radical (unpaired) electrons. The Morgan fingerprint density at radius 2 is 1.84 bits per heavy atom. The predicted molar refractivity (Wildman–Crippen MR) is 95.7 cm³/mol. The second-order valence-corrected chi connectivity index (χ2v) is 5.30. The Morgan fingerprint density at radius 1 is 1.12 bits per heavy atom. The maximum absolute atomic E-state index is 9.55. The number of hydrogen-bond acceptors (Lipinski definition) is 6. The molecule has 130 valence electrons. The van der Waals surface area contributed by atoms with Gasteiger partial charge < -0.3 is 25.4 Å². The molecule has 6 nitrogen and oxygen atoms in total. The van der Waals surface area contributed by atoms with Crippen molar-refractivity contribution < 1.29 is 19.7 Å². The van der Waals surface area contributed by atoms with E-state index in [1.807, 2.05) is 0 Å². The van der Waals surface area contributed by atoms with Gasteiger partial charge in [-0.25, -0.2) is 0 Å². The highest BCUT2D eigenvalue weighted by Crippen LogP contribution is 2.30. The second kappa shape index (κ2) is 8.20. The molecule has 2 aromatic carbocycles. The fourth-order valence-electron chi connectivity index (χ4n) is 2.53. The lowest BCUT2D eigenvalue weighted by atomic mass is 9.97. The minimum atomic E-state index is -0.269. The number of nitrogens with two attached hydrogens (primary N) is 1. The van der Waals surface area contributed by atoms with E-state index in [0.717, 1.165) is 5.56 Å². The van der Waals surface area contributed by atoms with Gasteiger partial charge in [-0.3, -0.25) is 0 Å². The molecule has 25 heavy (non-hydrogen) atoms. The standard InChI is InChI=1S/C19H20N2O4/c1-24-18-8-13(7-15(10-22)16(18)11-23)14(9-20)5-12-3-4-17(21)19(6-12)25-2/h3-8,22-23H,10-11,21H2,1-2H3/b14-5-. The number of hydrogen-bond donors (Lipinski definition) is 3. The van der Waals surface area contributed by atoms with Crippen molar-refractivity contribution in [1.29, 1.82) is 5.26 Å². The van der Waals surface area contributed by atoms with Crippen LogP contribution in [0.5, 0.6) is 11.5 Å². The van der Waals surface area contributed by atoms with Crippen LogP contribution in [0, 0.1) is 11.3 Å². The predicted octanol–water partition coefficient (Wildman–Crippen LogP) is 2.33. The molecule has 0 spiro atoms. The number of nitrogen functional groups attached to an aromatic ring is 1. The summed E-state index contributed by atoms with van der Waals surface area (Å²) in [6.07, 6.45) is 1.69. The van der Waals surface area contributed by atoms with Crippen LogP contribution in [-0.2, 0) is 13.2 Å². The number of nitriles is 1. The summed E-state index contributed by atoms with van der Waals surface area (Å²) in [5, 5.41) is 28.6. The lowest BCUT2D eigenvalue weighted by molar-refractivity contribution is 0.254. The van der Waals surface area contributed by atoms with Gasteiger partial charge in [-0.1, -0.05) is 6.07 Å². The fraction of sp³-hybridized carbons (Fsp3) is 0.211. The third-order valence-corrected chi connectivity index (χ3v) is 3.85. The Hall–Kier alpha value is -3.01. The molecule has 0 saturated heterocycles. The van der Waals surface area contributed by atoms with E-state index < -0.39 is 0 Å². The molecule has 6 heteroatoms. The van der Waals surface area contributed by atoms with Crippen LogP contribution in [0.4, 0.5) is 5.69 Å². The molecule has 4 N–H and O–H groups in total. The second-order valence-electron chi connectivity index (χ2n) is 5.30. The average molecular weight is 340 g/mol. The molecule has 0 amide bonds. The van der Waals surface area contributed by atoms with E-state index in [1.54, 1.807) is 36.4 Å². The van der Waals surface area contributed by atoms with E-state index in [1.165, 1.54) is 14.2 Å². The van der Waals surface area contributed by atoms with E-state index in [4.69, 9.17) is 15.2 Å². The lowest BCUT2D eigenvalue weighted by Gasteiger charge is -2.13. The number of ether oxygens (including phenoxy) is 2. The van der Waals surface area contributed by atoms with Gasteiger partial charge in [0.2, 0.25) is 0 Å². The number of nitrogens with zero attached hydrogens (tertiary/aromatic N) is 1. The number of methoxy groups -OCH3 is 2. The first kappa shape index (κ1) is 18.3. The Balaban J connectivity index is 2.56. The van der Waals surface area contributed by atoms with Crippen molar-refractivity contribution in [3.63, 3.8) is 0 Å². The molecular formula is C19H20N2O4. The summed E-state index contributed by atoms with van der Waals surface area (Å²) in [5.41, 5.74) is 9.03. The molecular weight excluding hydrogens is 320 g/mol. The summed E-state index contributed by atoms with van der Waals surface area (Å²) >= 11 is 0. The SMILES string of the molecule is COc1cc(/C=C(/C#N)c2cc(CO)c(CO)c(OC)c2)ccc1N. The number of rotatable bonds is 6. The zero-order valence-corrected chi connectivity index (χ0v) is 14.1. The van der Waals surface area contributed by atoms with E-state index >= 15 is 0 Å². The summed E-state index contributed by atoms with van der Waals surface area (Å²) in [6, 6.07) is 10.7. The summed E-state index contributed by atoms with van der Waals surface area (Å²) in [6.45, 7) is -0.533. The van der Waals surface area contributed by atoms with Gasteiger partial charge >= 0.3 is 0 Å². The van der Waals surface area contributed by atoms with E-state index in [-0.39, 0.29) is 13.2 Å². The Kier molecular flexibility index (Phi) is 6.01. The van der Waals surface area contributed by atoms with Gasteiger partial charge in [0.15, 0.2) is 0 Å². The van der Waals surface area contributed by atoms with Crippen molar-refractivity contribution in [2.24, 2.45) is 0 Å². The van der Waals surface area contributed by atoms with Gasteiger partial charge in [-0.05, 0) is 47.0 Å². The molecule has 2 aromatic rings. The first-order chi connectivity index (χ1) is 12.1. The number of aliphatic hydroxyl groups excluding tert-OH is 2. The lowest BCUT2D eigenvalue weighted by Crippen LogP contribution is -2.00. The highest BCUT2D eigenvalue weighted by molar-refractivity contribution is 5.90. The van der Waals surface area contributed by atoms with Crippen molar-refractivity contribution >= 4 is 17.3 Å². The van der Waals surface area contributed by atoms with Crippen LogP contribution in [0.25, 0.3) is 11.6 Å². The molecule has 0 fully saturated rings. The third kappa shape index (κ3) is 3.91. The zero-order valence-electron chi connectivity index (χ0n) is 14.1. The molecule has 0 aliphatic rings. The van der Waals surface area contributed by atoms with Crippen molar-refractivity contribution in [3.8, 4) is 17.6 Å². The number of benzene rings is 2. The van der Waals surface area contributed by atoms with Crippen LogP contribution < -0.4 is 15.2 Å². The molecule has 0 aliphatic carbocycles. The van der Waals surface area contributed by atoms with Gasteiger partial charge in [0.25, 0.3) is 0 Å². The van der Waals surface area contributed by atoms with Crippen molar-refractivity contribution in [2.45, 2.75) is 13.2 Å². The van der Waals surface area contributed by atoms with Gasteiger partial charge in [-0.2, -0.15) is 5.26 Å².